The molecular weight excluding hydrogens is 298 g/mol. The Morgan fingerprint density at radius 1 is 0.917 bits per heavy atom. The Kier molecular flexibility index (Phi) is 3.90. The molecule has 3 aromatic heterocycles. The van der Waals surface area contributed by atoms with Gasteiger partial charge in [0, 0.05) is 30.7 Å². The van der Waals surface area contributed by atoms with Gasteiger partial charge in [-0.25, -0.2) is 4.98 Å². The van der Waals surface area contributed by atoms with Crippen LogP contribution in [0.1, 0.15) is 5.56 Å². The first-order valence-electron chi connectivity index (χ1n) is 7.93. The van der Waals surface area contributed by atoms with Crippen LogP contribution in [-0.2, 0) is 6.42 Å². The Balaban J connectivity index is 1.57. The summed E-state index contributed by atoms with van der Waals surface area (Å²) in [6.45, 7) is 0.811. The minimum atomic E-state index is 0.811. The van der Waals surface area contributed by atoms with Gasteiger partial charge in [-0.05, 0) is 29.7 Å². The van der Waals surface area contributed by atoms with Gasteiger partial charge in [0.1, 0.15) is 5.82 Å². The maximum absolute atomic E-state index is 4.50. The second-order valence-electron chi connectivity index (χ2n) is 5.53. The molecule has 4 rings (SSSR count). The second kappa shape index (κ2) is 6.50. The van der Waals surface area contributed by atoms with Crippen LogP contribution in [0.5, 0.6) is 0 Å². The standard InChI is InChI=1S/C19H17N5/c1-2-6-16(7-3-1)17-14-23-24-18(9-12-22-19(17)24)21-11-8-15-5-4-10-20-13-15/h1-7,9-10,12-14,21H,8,11H2. The maximum atomic E-state index is 4.50. The van der Waals surface area contributed by atoms with Crippen molar-refractivity contribution < 1.29 is 0 Å². The molecule has 24 heavy (non-hydrogen) atoms. The van der Waals surface area contributed by atoms with E-state index in [1.165, 1.54) is 5.56 Å². The summed E-state index contributed by atoms with van der Waals surface area (Å²) in [4.78, 5) is 8.64. The quantitative estimate of drug-likeness (QED) is 0.613. The van der Waals surface area contributed by atoms with E-state index in [0.29, 0.717) is 0 Å². The van der Waals surface area contributed by atoms with E-state index in [4.69, 9.17) is 0 Å². The minimum absolute atomic E-state index is 0.811. The Labute approximate surface area is 140 Å². The van der Waals surface area contributed by atoms with Crippen LogP contribution in [0.2, 0.25) is 0 Å². The number of hydrogen-bond donors (Lipinski definition) is 1. The average molecular weight is 315 g/mol. The van der Waals surface area contributed by atoms with Gasteiger partial charge in [-0.3, -0.25) is 4.98 Å². The van der Waals surface area contributed by atoms with E-state index in [2.05, 4.69) is 38.6 Å². The monoisotopic (exact) mass is 315 g/mol. The summed E-state index contributed by atoms with van der Waals surface area (Å²) in [6.07, 6.45) is 8.27. The zero-order valence-electron chi connectivity index (χ0n) is 13.1. The van der Waals surface area contributed by atoms with E-state index >= 15 is 0 Å². The molecule has 0 saturated carbocycles. The molecule has 0 saturated heterocycles. The molecule has 5 heteroatoms. The smallest absolute Gasteiger partial charge is 0.165 e. The zero-order valence-corrected chi connectivity index (χ0v) is 13.1. The summed E-state index contributed by atoms with van der Waals surface area (Å²) < 4.78 is 1.85. The molecule has 0 aliphatic carbocycles. The number of fused-ring (bicyclic) bond motifs is 1. The van der Waals surface area contributed by atoms with E-state index in [1.54, 1.807) is 6.20 Å². The van der Waals surface area contributed by atoms with Gasteiger partial charge in [0.25, 0.3) is 0 Å². The number of aromatic nitrogens is 4. The van der Waals surface area contributed by atoms with Crippen LogP contribution in [0.4, 0.5) is 5.82 Å². The van der Waals surface area contributed by atoms with Crippen LogP contribution in [0.15, 0.2) is 73.3 Å². The minimum Gasteiger partial charge on any atom is -0.370 e. The van der Waals surface area contributed by atoms with E-state index in [0.717, 1.165) is 35.6 Å². The predicted octanol–water partition coefficient (Wildman–Crippen LogP) is 3.45. The number of nitrogens with zero attached hydrogens (tertiary/aromatic N) is 4. The number of pyridine rings is 1. The van der Waals surface area contributed by atoms with Crippen LogP contribution in [0.25, 0.3) is 16.8 Å². The van der Waals surface area contributed by atoms with Gasteiger partial charge in [-0.2, -0.15) is 9.61 Å². The third kappa shape index (κ3) is 2.84. The van der Waals surface area contributed by atoms with E-state index in [9.17, 15) is 0 Å². The number of hydrogen-bond acceptors (Lipinski definition) is 4. The van der Waals surface area contributed by atoms with Gasteiger partial charge in [-0.1, -0.05) is 36.4 Å². The average Bonchev–Trinajstić information content (AvgIpc) is 3.08. The van der Waals surface area contributed by atoms with Crippen molar-refractivity contribution in [3.05, 3.63) is 78.9 Å². The first-order valence-corrected chi connectivity index (χ1v) is 7.93. The molecule has 0 amide bonds. The molecule has 0 atom stereocenters. The fourth-order valence-electron chi connectivity index (χ4n) is 2.73. The van der Waals surface area contributed by atoms with Crippen molar-refractivity contribution in [2.75, 3.05) is 11.9 Å². The lowest BCUT2D eigenvalue weighted by Crippen LogP contribution is -2.09. The van der Waals surface area contributed by atoms with Crippen LogP contribution in [0.3, 0.4) is 0 Å². The van der Waals surface area contributed by atoms with Gasteiger partial charge in [0.15, 0.2) is 5.65 Å². The highest BCUT2D eigenvalue weighted by Crippen LogP contribution is 2.24. The lowest BCUT2D eigenvalue weighted by Gasteiger charge is -2.08. The van der Waals surface area contributed by atoms with Crippen molar-refractivity contribution in [2.45, 2.75) is 6.42 Å². The van der Waals surface area contributed by atoms with Gasteiger partial charge < -0.3 is 5.32 Å². The highest BCUT2D eigenvalue weighted by atomic mass is 15.3. The van der Waals surface area contributed by atoms with E-state index < -0.39 is 0 Å². The van der Waals surface area contributed by atoms with Gasteiger partial charge in [0.2, 0.25) is 0 Å². The predicted molar refractivity (Wildman–Crippen MR) is 94.9 cm³/mol. The van der Waals surface area contributed by atoms with Crippen molar-refractivity contribution in [1.29, 1.82) is 0 Å². The van der Waals surface area contributed by atoms with Crippen LogP contribution in [-0.4, -0.2) is 26.1 Å². The van der Waals surface area contributed by atoms with Crippen LogP contribution >= 0.6 is 0 Å². The molecular formula is C19H17N5. The Morgan fingerprint density at radius 2 is 1.83 bits per heavy atom. The Morgan fingerprint density at radius 3 is 2.67 bits per heavy atom. The number of nitrogens with one attached hydrogen (secondary N) is 1. The molecule has 0 bridgehead atoms. The molecule has 1 N–H and O–H groups in total. The molecule has 0 aliphatic heterocycles. The van der Waals surface area contributed by atoms with Crippen LogP contribution in [0, 0.1) is 0 Å². The lowest BCUT2D eigenvalue weighted by molar-refractivity contribution is 0.911. The molecule has 118 valence electrons. The summed E-state index contributed by atoms with van der Waals surface area (Å²) in [5.74, 6) is 0.936. The van der Waals surface area contributed by atoms with E-state index in [1.807, 2.05) is 53.4 Å². The Hall–Kier alpha value is -3.21. The van der Waals surface area contributed by atoms with Gasteiger partial charge >= 0.3 is 0 Å². The molecule has 4 aromatic rings. The first-order chi connectivity index (χ1) is 11.9. The molecule has 0 unspecified atom stereocenters. The fourth-order valence-corrected chi connectivity index (χ4v) is 2.73. The highest BCUT2D eigenvalue weighted by molar-refractivity contribution is 5.77. The third-order valence-electron chi connectivity index (χ3n) is 3.93. The summed E-state index contributed by atoms with van der Waals surface area (Å²) in [7, 11) is 0. The first kappa shape index (κ1) is 14.4. The van der Waals surface area contributed by atoms with Crippen molar-refractivity contribution in [1.82, 2.24) is 19.6 Å². The fraction of sp³-hybridized carbons (Fsp3) is 0.105. The van der Waals surface area contributed by atoms with Crippen molar-refractivity contribution in [3.63, 3.8) is 0 Å². The molecule has 1 aromatic carbocycles. The summed E-state index contributed by atoms with van der Waals surface area (Å²) in [5.41, 5.74) is 4.22. The number of benzene rings is 1. The topological polar surface area (TPSA) is 55.1 Å². The van der Waals surface area contributed by atoms with E-state index in [-0.39, 0.29) is 0 Å². The van der Waals surface area contributed by atoms with Crippen LogP contribution < -0.4 is 5.32 Å². The second-order valence-corrected chi connectivity index (χ2v) is 5.53. The van der Waals surface area contributed by atoms with Gasteiger partial charge in [-0.15, -0.1) is 0 Å². The van der Waals surface area contributed by atoms with Gasteiger partial charge in [0.05, 0.1) is 6.20 Å². The summed E-state index contributed by atoms with van der Waals surface area (Å²) >= 11 is 0. The highest BCUT2D eigenvalue weighted by Gasteiger charge is 2.09. The largest absolute Gasteiger partial charge is 0.370 e. The SMILES string of the molecule is c1ccc(-c2cnn3c(NCCc4cccnc4)ccnc23)cc1. The zero-order chi connectivity index (χ0) is 16.2. The lowest BCUT2D eigenvalue weighted by atomic mass is 10.1. The molecule has 0 fully saturated rings. The van der Waals surface area contributed by atoms with Crippen molar-refractivity contribution in [3.8, 4) is 11.1 Å². The molecule has 0 aliphatic rings. The number of anilines is 1. The van der Waals surface area contributed by atoms with Crippen molar-refractivity contribution >= 4 is 11.5 Å². The normalized spacial score (nSPS) is 10.8. The molecule has 0 radical (unpaired) electrons. The number of rotatable bonds is 5. The molecule has 3 heterocycles. The maximum Gasteiger partial charge on any atom is 0.165 e. The molecule has 0 spiro atoms. The third-order valence-corrected chi connectivity index (χ3v) is 3.93. The van der Waals surface area contributed by atoms with Crippen molar-refractivity contribution in [2.24, 2.45) is 0 Å². The Bertz CT molecular complexity index is 932. The summed E-state index contributed by atoms with van der Waals surface area (Å²) in [5, 5.41) is 7.93. The molecule has 5 nitrogen and oxygen atoms in total. The summed E-state index contributed by atoms with van der Waals surface area (Å²) in [6, 6.07) is 16.2.